The average Bonchev–Trinajstić information content (AvgIpc) is 2.80. The van der Waals surface area contributed by atoms with Gasteiger partial charge in [-0.3, -0.25) is 9.48 Å². The van der Waals surface area contributed by atoms with E-state index in [0.29, 0.717) is 11.4 Å². The predicted octanol–water partition coefficient (Wildman–Crippen LogP) is 2.68. The topological polar surface area (TPSA) is 96.3 Å². The van der Waals surface area contributed by atoms with Crippen LogP contribution in [0.3, 0.4) is 0 Å². The molecule has 2 rings (SSSR count). The molecule has 0 atom stereocenters. The molecule has 0 saturated carbocycles. The second kappa shape index (κ2) is 6.40. The predicted molar refractivity (Wildman–Crippen MR) is 81.4 cm³/mol. The molecule has 0 bridgehead atoms. The molecule has 0 aliphatic carbocycles. The summed E-state index contributed by atoms with van der Waals surface area (Å²) < 4.78 is 2.08. The molecule has 1 heterocycles. The van der Waals surface area contributed by atoms with Crippen LogP contribution in [-0.2, 0) is 11.3 Å². The minimum Gasteiger partial charge on any atom is -0.480 e. The van der Waals surface area contributed by atoms with Crippen LogP contribution in [0.15, 0.2) is 35.1 Å². The van der Waals surface area contributed by atoms with Crippen molar-refractivity contribution < 1.29 is 14.7 Å². The molecule has 2 amide bonds. The van der Waals surface area contributed by atoms with E-state index in [9.17, 15) is 9.59 Å². The lowest BCUT2D eigenvalue weighted by atomic mass is 10.2. The summed E-state index contributed by atoms with van der Waals surface area (Å²) in [5.41, 5.74) is 2.02. The molecule has 110 valence electrons. The molecular weight excluding hydrogens is 340 g/mol. The van der Waals surface area contributed by atoms with Gasteiger partial charge in [0.1, 0.15) is 6.54 Å². The lowest BCUT2D eigenvalue weighted by Crippen LogP contribution is -2.19. The van der Waals surface area contributed by atoms with E-state index in [1.807, 2.05) is 19.1 Å². The second-order valence-electron chi connectivity index (χ2n) is 4.36. The van der Waals surface area contributed by atoms with Gasteiger partial charge < -0.3 is 15.7 Å². The number of aryl methyl sites for hydroxylation is 1. The van der Waals surface area contributed by atoms with Crippen LogP contribution in [0.5, 0.6) is 0 Å². The summed E-state index contributed by atoms with van der Waals surface area (Å²) >= 11 is 3.34. The first-order valence-corrected chi connectivity index (χ1v) is 6.82. The van der Waals surface area contributed by atoms with Crippen molar-refractivity contribution in [2.45, 2.75) is 13.5 Å². The summed E-state index contributed by atoms with van der Waals surface area (Å²) in [7, 11) is 0. The number of nitrogens with zero attached hydrogens (tertiary/aromatic N) is 2. The van der Waals surface area contributed by atoms with Crippen LogP contribution in [0.25, 0.3) is 0 Å². The Morgan fingerprint density at radius 3 is 2.86 bits per heavy atom. The number of amides is 2. The maximum atomic E-state index is 11.9. The van der Waals surface area contributed by atoms with E-state index in [4.69, 9.17) is 5.11 Å². The van der Waals surface area contributed by atoms with Gasteiger partial charge in [0.05, 0.1) is 11.9 Å². The number of aliphatic carboxylic acids is 1. The first kappa shape index (κ1) is 15.0. The molecule has 2 aromatic rings. The monoisotopic (exact) mass is 352 g/mol. The molecule has 0 aliphatic rings. The molecule has 1 aromatic carbocycles. The van der Waals surface area contributed by atoms with Crippen LogP contribution >= 0.6 is 15.9 Å². The highest BCUT2D eigenvalue weighted by atomic mass is 79.9. The maximum Gasteiger partial charge on any atom is 0.325 e. The molecule has 21 heavy (non-hydrogen) atoms. The zero-order chi connectivity index (χ0) is 15.4. The van der Waals surface area contributed by atoms with Gasteiger partial charge in [0.15, 0.2) is 0 Å². The molecule has 7 nitrogen and oxygen atoms in total. The number of carboxylic acid groups (broad SMARTS) is 1. The van der Waals surface area contributed by atoms with Crippen LogP contribution in [-0.4, -0.2) is 26.9 Å². The van der Waals surface area contributed by atoms with Crippen molar-refractivity contribution in [3.63, 3.8) is 0 Å². The van der Waals surface area contributed by atoms with Crippen molar-refractivity contribution >= 4 is 39.3 Å². The average molecular weight is 353 g/mol. The summed E-state index contributed by atoms with van der Waals surface area (Å²) in [6.45, 7) is 1.63. The number of carbonyl (C=O) groups is 2. The molecule has 0 spiro atoms. The highest BCUT2D eigenvalue weighted by Crippen LogP contribution is 2.20. The van der Waals surface area contributed by atoms with E-state index in [-0.39, 0.29) is 6.54 Å². The number of hydrogen-bond donors (Lipinski definition) is 3. The van der Waals surface area contributed by atoms with Gasteiger partial charge in [-0.25, -0.2) is 4.79 Å². The highest BCUT2D eigenvalue weighted by Gasteiger charge is 2.08. The Hall–Kier alpha value is -2.35. The van der Waals surface area contributed by atoms with Crippen LogP contribution in [0.2, 0.25) is 0 Å². The Morgan fingerprint density at radius 2 is 2.14 bits per heavy atom. The minimum absolute atomic E-state index is 0.256. The number of benzene rings is 1. The van der Waals surface area contributed by atoms with Gasteiger partial charge in [0, 0.05) is 16.4 Å². The molecule has 0 aliphatic heterocycles. The Kier molecular flexibility index (Phi) is 4.59. The third-order valence-corrected chi connectivity index (χ3v) is 3.13. The van der Waals surface area contributed by atoms with Gasteiger partial charge >= 0.3 is 12.0 Å². The summed E-state index contributed by atoms with van der Waals surface area (Å²) in [6.07, 6.45) is 2.83. The number of hydrogen-bond acceptors (Lipinski definition) is 3. The number of aromatic nitrogens is 2. The van der Waals surface area contributed by atoms with Crippen LogP contribution < -0.4 is 10.6 Å². The van der Waals surface area contributed by atoms with Gasteiger partial charge in [-0.15, -0.1) is 0 Å². The van der Waals surface area contributed by atoms with Gasteiger partial charge in [0.2, 0.25) is 0 Å². The fraction of sp³-hybridized carbons (Fsp3) is 0.154. The van der Waals surface area contributed by atoms with Gasteiger partial charge in [-0.2, -0.15) is 5.10 Å². The van der Waals surface area contributed by atoms with Crippen molar-refractivity contribution in [2.24, 2.45) is 0 Å². The van der Waals surface area contributed by atoms with Crippen molar-refractivity contribution in [2.75, 3.05) is 10.6 Å². The Labute approximate surface area is 129 Å². The number of nitrogens with one attached hydrogen (secondary N) is 2. The van der Waals surface area contributed by atoms with E-state index in [1.54, 1.807) is 6.07 Å². The first-order chi connectivity index (χ1) is 9.94. The SMILES string of the molecule is Cc1ccc(Br)cc1NC(=O)Nc1cnn(CC(=O)O)c1. The fourth-order valence-electron chi connectivity index (χ4n) is 1.67. The Bertz CT molecular complexity index is 684. The summed E-state index contributed by atoms with van der Waals surface area (Å²) in [5, 5.41) is 17.8. The van der Waals surface area contributed by atoms with E-state index in [2.05, 4.69) is 31.7 Å². The molecule has 3 N–H and O–H groups in total. The summed E-state index contributed by atoms with van der Waals surface area (Å²) in [4.78, 5) is 22.4. The van der Waals surface area contributed by atoms with Crippen LogP contribution in [0, 0.1) is 6.92 Å². The molecule has 0 saturated heterocycles. The lowest BCUT2D eigenvalue weighted by Gasteiger charge is -2.09. The molecular formula is C13H13BrN4O3. The van der Waals surface area contributed by atoms with Crippen molar-refractivity contribution in [1.82, 2.24) is 9.78 Å². The zero-order valence-electron chi connectivity index (χ0n) is 11.1. The van der Waals surface area contributed by atoms with E-state index in [0.717, 1.165) is 10.0 Å². The minimum atomic E-state index is -1.00. The summed E-state index contributed by atoms with van der Waals surface area (Å²) in [5.74, 6) is -1.00. The molecule has 0 unspecified atom stereocenters. The molecule has 8 heteroatoms. The summed E-state index contributed by atoms with van der Waals surface area (Å²) in [6, 6.07) is 5.13. The normalized spacial score (nSPS) is 10.2. The molecule has 0 radical (unpaired) electrons. The smallest absolute Gasteiger partial charge is 0.325 e. The van der Waals surface area contributed by atoms with E-state index < -0.39 is 12.0 Å². The number of rotatable bonds is 4. The largest absolute Gasteiger partial charge is 0.480 e. The van der Waals surface area contributed by atoms with Crippen LogP contribution in [0.1, 0.15) is 5.56 Å². The third kappa shape index (κ3) is 4.32. The van der Waals surface area contributed by atoms with Crippen molar-refractivity contribution in [1.29, 1.82) is 0 Å². The highest BCUT2D eigenvalue weighted by molar-refractivity contribution is 9.10. The number of carboxylic acids is 1. The second-order valence-corrected chi connectivity index (χ2v) is 5.27. The number of urea groups is 1. The quantitative estimate of drug-likeness (QED) is 0.787. The van der Waals surface area contributed by atoms with Gasteiger partial charge in [-0.05, 0) is 24.6 Å². The van der Waals surface area contributed by atoms with Gasteiger partial charge in [0.25, 0.3) is 0 Å². The Balaban J connectivity index is 2.00. The fourth-order valence-corrected chi connectivity index (χ4v) is 2.03. The zero-order valence-corrected chi connectivity index (χ0v) is 12.7. The Morgan fingerprint density at radius 1 is 1.38 bits per heavy atom. The van der Waals surface area contributed by atoms with E-state index in [1.165, 1.54) is 17.1 Å². The standard InChI is InChI=1S/C13H13BrN4O3/c1-8-2-3-9(14)4-11(8)17-13(21)16-10-5-15-18(6-10)7-12(19)20/h2-6H,7H2,1H3,(H,19,20)(H2,16,17,21). The van der Waals surface area contributed by atoms with Crippen LogP contribution in [0.4, 0.5) is 16.2 Å². The molecule has 0 fully saturated rings. The van der Waals surface area contributed by atoms with Crippen molar-refractivity contribution in [3.8, 4) is 0 Å². The lowest BCUT2D eigenvalue weighted by molar-refractivity contribution is -0.137. The number of halogens is 1. The van der Waals surface area contributed by atoms with Gasteiger partial charge in [-0.1, -0.05) is 22.0 Å². The third-order valence-electron chi connectivity index (χ3n) is 2.64. The van der Waals surface area contributed by atoms with E-state index >= 15 is 0 Å². The first-order valence-electron chi connectivity index (χ1n) is 6.02. The van der Waals surface area contributed by atoms with Crippen molar-refractivity contribution in [3.05, 3.63) is 40.6 Å². The number of anilines is 2. The maximum absolute atomic E-state index is 11.9. The molecule has 1 aromatic heterocycles. The number of carbonyl (C=O) groups excluding carboxylic acids is 1.